The first-order valence-electron chi connectivity index (χ1n) is 7.59. The lowest BCUT2D eigenvalue weighted by Gasteiger charge is -2.28. The molecule has 0 spiro atoms. The van der Waals surface area contributed by atoms with Gasteiger partial charge in [0.15, 0.2) is 0 Å². The molecule has 0 N–H and O–H groups in total. The number of carbonyl (C=O) groups excluding carboxylic acids is 1. The fourth-order valence-corrected chi connectivity index (χ4v) is 2.75. The number of rotatable bonds is 6. The zero-order valence-corrected chi connectivity index (χ0v) is 12.2. The molecule has 0 aliphatic heterocycles. The highest BCUT2D eigenvalue weighted by Gasteiger charge is 2.23. The maximum atomic E-state index is 11.5. The largest absolute Gasteiger partial charge is 0.466 e. The summed E-state index contributed by atoms with van der Waals surface area (Å²) in [5.41, 5.74) is 1.22. The number of ether oxygens (including phenoxy) is 2. The van der Waals surface area contributed by atoms with Gasteiger partial charge in [0.05, 0.1) is 19.3 Å². The van der Waals surface area contributed by atoms with Crippen molar-refractivity contribution in [3.8, 4) is 0 Å². The van der Waals surface area contributed by atoms with Gasteiger partial charge in [0.1, 0.15) is 0 Å². The van der Waals surface area contributed by atoms with Crippen molar-refractivity contribution in [2.45, 2.75) is 51.7 Å². The Labute approximate surface area is 121 Å². The van der Waals surface area contributed by atoms with Crippen LogP contribution in [0.2, 0.25) is 0 Å². The summed E-state index contributed by atoms with van der Waals surface area (Å²) in [5, 5.41) is 0. The molecule has 1 aliphatic carbocycles. The molecule has 3 nitrogen and oxygen atoms in total. The van der Waals surface area contributed by atoms with Gasteiger partial charge >= 0.3 is 5.97 Å². The second-order valence-electron chi connectivity index (χ2n) is 5.45. The number of carbonyl (C=O) groups is 1. The molecule has 0 atom stereocenters. The van der Waals surface area contributed by atoms with Crippen molar-refractivity contribution in [1.82, 2.24) is 0 Å². The molecule has 1 fully saturated rings. The summed E-state index contributed by atoms with van der Waals surface area (Å²) in [4.78, 5) is 11.5. The average molecular weight is 276 g/mol. The van der Waals surface area contributed by atoms with Crippen molar-refractivity contribution >= 4 is 5.97 Å². The lowest BCUT2D eigenvalue weighted by molar-refractivity contribution is -0.144. The third-order valence-corrected chi connectivity index (χ3v) is 3.88. The monoisotopic (exact) mass is 276 g/mol. The van der Waals surface area contributed by atoms with Gasteiger partial charge < -0.3 is 9.47 Å². The summed E-state index contributed by atoms with van der Waals surface area (Å²) in [6, 6.07) is 10.3. The van der Waals surface area contributed by atoms with Crippen LogP contribution in [0, 0.1) is 5.92 Å². The molecule has 1 aromatic rings. The lowest BCUT2D eigenvalue weighted by atomic mass is 9.85. The minimum absolute atomic E-state index is 0.0545. The van der Waals surface area contributed by atoms with Crippen LogP contribution in [0.15, 0.2) is 30.3 Å². The summed E-state index contributed by atoms with van der Waals surface area (Å²) in [5.74, 6) is 0.423. The fraction of sp³-hybridized carbons (Fsp3) is 0.588. The van der Waals surface area contributed by atoms with E-state index in [0.717, 1.165) is 25.7 Å². The first-order valence-corrected chi connectivity index (χ1v) is 7.59. The van der Waals surface area contributed by atoms with E-state index in [4.69, 9.17) is 9.47 Å². The van der Waals surface area contributed by atoms with Gasteiger partial charge in [0.2, 0.25) is 0 Å². The molecule has 0 bridgehead atoms. The molecule has 1 aliphatic rings. The van der Waals surface area contributed by atoms with Gasteiger partial charge in [0, 0.05) is 6.42 Å². The highest BCUT2D eigenvalue weighted by atomic mass is 16.5. The standard InChI is InChI=1S/C17H24O3/c1-2-19-17(18)12-14-8-10-16(11-9-14)20-13-15-6-4-3-5-7-15/h3-7,14,16H,2,8-13H2,1H3. The Morgan fingerprint density at radius 2 is 1.85 bits per heavy atom. The van der Waals surface area contributed by atoms with Gasteiger partial charge in [-0.2, -0.15) is 0 Å². The zero-order valence-electron chi connectivity index (χ0n) is 12.2. The molecule has 0 heterocycles. The van der Waals surface area contributed by atoms with Crippen molar-refractivity contribution in [1.29, 1.82) is 0 Å². The van der Waals surface area contributed by atoms with Crippen molar-refractivity contribution < 1.29 is 14.3 Å². The van der Waals surface area contributed by atoms with E-state index in [0.29, 0.717) is 31.7 Å². The summed E-state index contributed by atoms with van der Waals surface area (Å²) >= 11 is 0. The van der Waals surface area contributed by atoms with Crippen LogP contribution in [-0.4, -0.2) is 18.7 Å². The second-order valence-corrected chi connectivity index (χ2v) is 5.45. The SMILES string of the molecule is CCOC(=O)CC1CCC(OCc2ccccc2)CC1. The van der Waals surface area contributed by atoms with Crippen LogP contribution >= 0.6 is 0 Å². The van der Waals surface area contributed by atoms with Crippen LogP contribution in [0.25, 0.3) is 0 Å². The van der Waals surface area contributed by atoms with Crippen LogP contribution in [-0.2, 0) is 20.9 Å². The molecule has 0 aromatic heterocycles. The van der Waals surface area contributed by atoms with E-state index in [1.165, 1.54) is 5.56 Å². The molecular formula is C17H24O3. The first-order chi connectivity index (χ1) is 9.78. The molecule has 2 rings (SSSR count). The predicted octanol–water partition coefficient (Wildman–Crippen LogP) is 3.72. The molecule has 1 saturated carbocycles. The Hall–Kier alpha value is -1.35. The zero-order chi connectivity index (χ0) is 14.2. The molecule has 0 saturated heterocycles. The quantitative estimate of drug-likeness (QED) is 0.743. The Bertz CT molecular complexity index is 394. The highest BCUT2D eigenvalue weighted by Crippen LogP contribution is 2.29. The summed E-state index contributed by atoms with van der Waals surface area (Å²) in [6.45, 7) is 3.02. The lowest BCUT2D eigenvalue weighted by Crippen LogP contribution is -2.23. The number of hydrogen-bond donors (Lipinski definition) is 0. The van der Waals surface area contributed by atoms with Crippen molar-refractivity contribution in [3.63, 3.8) is 0 Å². The van der Waals surface area contributed by atoms with Crippen LogP contribution in [0.1, 0.15) is 44.6 Å². The molecule has 3 heteroatoms. The first kappa shape index (κ1) is 15.0. The Morgan fingerprint density at radius 3 is 2.50 bits per heavy atom. The molecule has 0 radical (unpaired) electrons. The van der Waals surface area contributed by atoms with Crippen LogP contribution in [0.4, 0.5) is 0 Å². The van der Waals surface area contributed by atoms with E-state index in [1.807, 2.05) is 25.1 Å². The van der Waals surface area contributed by atoms with Crippen molar-refractivity contribution in [2.75, 3.05) is 6.61 Å². The maximum Gasteiger partial charge on any atom is 0.306 e. The van der Waals surface area contributed by atoms with Gasteiger partial charge in [0.25, 0.3) is 0 Å². The average Bonchev–Trinajstić information content (AvgIpc) is 2.48. The van der Waals surface area contributed by atoms with Gasteiger partial charge in [-0.25, -0.2) is 0 Å². The normalized spacial score (nSPS) is 22.4. The van der Waals surface area contributed by atoms with E-state index in [1.54, 1.807) is 0 Å². The maximum absolute atomic E-state index is 11.5. The summed E-state index contributed by atoms with van der Waals surface area (Å²) < 4.78 is 11.0. The van der Waals surface area contributed by atoms with Crippen LogP contribution in [0.3, 0.4) is 0 Å². The fourth-order valence-electron chi connectivity index (χ4n) is 2.75. The van der Waals surface area contributed by atoms with E-state index in [9.17, 15) is 4.79 Å². The highest BCUT2D eigenvalue weighted by molar-refractivity contribution is 5.69. The van der Waals surface area contributed by atoms with Crippen molar-refractivity contribution in [2.24, 2.45) is 5.92 Å². The predicted molar refractivity (Wildman–Crippen MR) is 78.2 cm³/mol. The molecular weight excluding hydrogens is 252 g/mol. The minimum Gasteiger partial charge on any atom is -0.466 e. The van der Waals surface area contributed by atoms with E-state index in [2.05, 4.69) is 12.1 Å². The van der Waals surface area contributed by atoms with Gasteiger partial charge in [-0.05, 0) is 44.1 Å². The second kappa shape index (κ2) is 8.05. The Morgan fingerprint density at radius 1 is 1.15 bits per heavy atom. The van der Waals surface area contributed by atoms with Gasteiger partial charge in [-0.1, -0.05) is 30.3 Å². The van der Waals surface area contributed by atoms with Gasteiger partial charge in [-0.15, -0.1) is 0 Å². The van der Waals surface area contributed by atoms with E-state index >= 15 is 0 Å². The number of esters is 1. The smallest absolute Gasteiger partial charge is 0.306 e. The molecule has 110 valence electrons. The van der Waals surface area contributed by atoms with E-state index in [-0.39, 0.29) is 5.97 Å². The van der Waals surface area contributed by atoms with E-state index < -0.39 is 0 Å². The Kier molecular flexibility index (Phi) is 6.06. The minimum atomic E-state index is -0.0545. The summed E-state index contributed by atoms with van der Waals surface area (Å²) in [7, 11) is 0. The van der Waals surface area contributed by atoms with Crippen molar-refractivity contribution in [3.05, 3.63) is 35.9 Å². The third kappa shape index (κ3) is 4.97. The van der Waals surface area contributed by atoms with Crippen LogP contribution in [0.5, 0.6) is 0 Å². The third-order valence-electron chi connectivity index (χ3n) is 3.88. The number of benzene rings is 1. The molecule has 0 unspecified atom stereocenters. The molecule has 20 heavy (non-hydrogen) atoms. The Balaban J connectivity index is 1.65. The summed E-state index contributed by atoms with van der Waals surface area (Å²) in [6.07, 6.45) is 5.15. The number of hydrogen-bond acceptors (Lipinski definition) is 3. The molecule has 0 amide bonds. The van der Waals surface area contributed by atoms with Gasteiger partial charge in [-0.3, -0.25) is 4.79 Å². The molecule has 1 aromatic carbocycles. The van der Waals surface area contributed by atoms with Crippen LogP contribution < -0.4 is 0 Å². The topological polar surface area (TPSA) is 35.5 Å².